The zero-order chi connectivity index (χ0) is 16.1. The van der Waals surface area contributed by atoms with Gasteiger partial charge in [0.1, 0.15) is 5.82 Å². The first-order valence-electron chi connectivity index (χ1n) is 8.27. The van der Waals surface area contributed by atoms with Crippen molar-refractivity contribution in [1.29, 1.82) is 0 Å². The van der Waals surface area contributed by atoms with Crippen molar-refractivity contribution in [2.24, 2.45) is 0 Å². The lowest BCUT2D eigenvalue weighted by molar-refractivity contribution is 0.694. The molecule has 2 aromatic heterocycles. The molecule has 0 aliphatic heterocycles. The van der Waals surface area contributed by atoms with Gasteiger partial charge in [-0.05, 0) is 43.2 Å². The van der Waals surface area contributed by atoms with Gasteiger partial charge in [-0.2, -0.15) is 0 Å². The summed E-state index contributed by atoms with van der Waals surface area (Å²) in [5.74, 6) is 1.05. The molecule has 3 aromatic rings. The van der Waals surface area contributed by atoms with E-state index in [2.05, 4.69) is 70.4 Å². The summed E-state index contributed by atoms with van der Waals surface area (Å²) in [6, 6.07) is 12.8. The summed E-state index contributed by atoms with van der Waals surface area (Å²) in [5.41, 5.74) is 3.72. The predicted molar refractivity (Wildman–Crippen MR) is 96.6 cm³/mol. The molecule has 120 valence electrons. The van der Waals surface area contributed by atoms with Crippen LogP contribution in [0.4, 0.5) is 5.82 Å². The lowest BCUT2D eigenvalue weighted by Gasteiger charge is -2.19. The van der Waals surface area contributed by atoms with Crippen LogP contribution >= 0.6 is 0 Å². The lowest BCUT2D eigenvalue weighted by Crippen LogP contribution is -2.23. The van der Waals surface area contributed by atoms with Crippen LogP contribution in [0.3, 0.4) is 0 Å². The summed E-state index contributed by atoms with van der Waals surface area (Å²) in [5, 5.41) is 4.80. The monoisotopic (exact) mass is 308 g/mol. The molecule has 0 amide bonds. The molecule has 3 rings (SSSR count). The number of H-pyrrole nitrogens is 1. The fraction of sp³-hybridized carbons (Fsp3) is 0.316. The van der Waals surface area contributed by atoms with Gasteiger partial charge in [0, 0.05) is 49.5 Å². The van der Waals surface area contributed by atoms with Crippen molar-refractivity contribution in [1.82, 2.24) is 15.3 Å². The molecule has 0 fully saturated rings. The quantitative estimate of drug-likeness (QED) is 0.699. The number of hydrogen-bond acceptors (Lipinski definition) is 3. The number of rotatable bonds is 7. The molecule has 0 aliphatic rings. The van der Waals surface area contributed by atoms with Gasteiger partial charge >= 0.3 is 0 Å². The van der Waals surface area contributed by atoms with Crippen molar-refractivity contribution >= 4 is 16.7 Å². The van der Waals surface area contributed by atoms with E-state index in [4.69, 9.17) is 0 Å². The molecule has 0 spiro atoms. The van der Waals surface area contributed by atoms with E-state index >= 15 is 0 Å². The van der Waals surface area contributed by atoms with E-state index in [0.717, 1.165) is 32.0 Å². The van der Waals surface area contributed by atoms with Crippen LogP contribution in [0.5, 0.6) is 0 Å². The van der Waals surface area contributed by atoms with Crippen LogP contribution in [0.15, 0.2) is 48.8 Å². The van der Waals surface area contributed by atoms with Crippen molar-refractivity contribution in [3.05, 3.63) is 59.9 Å². The van der Waals surface area contributed by atoms with Gasteiger partial charge in [-0.3, -0.25) is 0 Å². The Kier molecular flexibility index (Phi) is 4.93. The SMILES string of the molecule is CCN(CC)c1ccc(CNCc2cccc3[nH]ccc23)cn1. The van der Waals surface area contributed by atoms with E-state index in [9.17, 15) is 0 Å². The Hall–Kier alpha value is -2.33. The maximum atomic E-state index is 4.57. The summed E-state index contributed by atoms with van der Waals surface area (Å²) < 4.78 is 0. The standard InChI is InChI=1S/C19H24N4/c1-3-23(4-2)19-9-8-15(13-22-19)12-20-14-16-6-5-7-18-17(16)10-11-21-18/h5-11,13,20-21H,3-4,12,14H2,1-2H3. The summed E-state index contributed by atoms with van der Waals surface area (Å²) in [6.45, 7) is 7.97. The fourth-order valence-corrected chi connectivity index (χ4v) is 2.90. The third-order valence-electron chi connectivity index (χ3n) is 4.23. The molecule has 23 heavy (non-hydrogen) atoms. The number of nitrogens with zero attached hydrogens (tertiary/aromatic N) is 2. The zero-order valence-corrected chi connectivity index (χ0v) is 13.8. The molecule has 0 unspecified atom stereocenters. The number of benzene rings is 1. The molecule has 0 aliphatic carbocycles. The predicted octanol–water partition coefficient (Wildman–Crippen LogP) is 3.70. The Bertz CT molecular complexity index is 741. The minimum absolute atomic E-state index is 0.826. The van der Waals surface area contributed by atoms with Crippen molar-refractivity contribution in [2.75, 3.05) is 18.0 Å². The van der Waals surface area contributed by atoms with Crippen molar-refractivity contribution in [2.45, 2.75) is 26.9 Å². The molecule has 2 N–H and O–H groups in total. The van der Waals surface area contributed by atoms with Gasteiger partial charge in [0.2, 0.25) is 0 Å². The van der Waals surface area contributed by atoms with Crippen LogP contribution < -0.4 is 10.2 Å². The Balaban J connectivity index is 1.59. The Morgan fingerprint density at radius 3 is 2.65 bits per heavy atom. The number of hydrogen-bond donors (Lipinski definition) is 2. The first kappa shape index (κ1) is 15.6. The third-order valence-corrected chi connectivity index (χ3v) is 4.23. The highest BCUT2D eigenvalue weighted by molar-refractivity contribution is 5.82. The number of anilines is 1. The van der Waals surface area contributed by atoms with Crippen LogP contribution in [0.25, 0.3) is 10.9 Å². The van der Waals surface area contributed by atoms with Gasteiger partial charge in [-0.25, -0.2) is 4.98 Å². The van der Waals surface area contributed by atoms with E-state index in [1.165, 1.54) is 22.0 Å². The molecular formula is C19H24N4. The second-order valence-corrected chi connectivity index (χ2v) is 5.66. The Morgan fingerprint density at radius 2 is 1.91 bits per heavy atom. The van der Waals surface area contributed by atoms with Gasteiger partial charge < -0.3 is 15.2 Å². The number of fused-ring (bicyclic) bond motifs is 1. The molecule has 0 saturated carbocycles. The van der Waals surface area contributed by atoms with Crippen LogP contribution in [-0.2, 0) is 13.1 Å². The maximum absolute atomic E-state index is 4.57. The summed E-state index contributed by atoms with van der Waals surface area (Å²) in [6.07, 6.45) is 3.96. The molecule has 4 heteroatoms. The molecular weight excluding hydrogens is 284 g/mol. The van der Waals surface area contributed by atoms with E-state index in [1.54, 1.807) is 0 Å². The fourth-order valence-electron chi connectivity index (χ4n) is 2.90. The number of pyridine rings is 1. The number of aromatic amines is 1. The summed E-state index contributed by atoms with van der Waals surface area (Å²) in [4.78, 5) is 10.1. The number of nitrogens with one attached hydrogen (secondary N) is 2. The van der Waals surface area contributed by atoms with E-state index in [-0.39, 0.29) is 0 Å². The molecule has 1 aromatic carbocycles. The van der Waals surface area contributed by atoms with Gasteiger partial charge in [0.25, 0.3) is 0 Å². The van der Waals surface area contributed by atoms with Crippen LogP contribution in [-0.4, -0.2) is 23.1 Å². The smallest absolute Gasteiger partial charge is 0.128 e. The Labute approximate surface area is 137 Å². The second-order valence-electron chi connectivity index (χ2n) is 5.66. The highest BCUT2D eigenvalue weighted by Crippen LogP contribution is 2.17. The average molecular weight is 308 g/mol. The van der Waals surface area contributed by atoms with Crippen molar-refractivity contribution < 1.29 is 0 Å². The summed E-state index contributed by atoms with van der Waals surface area (Å²) in [7, 11) is 0. The largest absolute Gasteiger partial charge is 0.361 e. The van der Waals surface area contributed by atoms with Crippen LogP contribution in [0.1, 0.15) is 25.0 Å². The van der Waals surface area contributed by atoms with Gasteiger partial charge in [0.15, 0.2) is 0 Å². The molecule has 0 atom stereocenters. The van der Waals surface area contributed by atoms with Gasteiger partial charge in [-0.1, -0.05) is 18.2 Å². The molecule has 0 radical (unpaired) electrons. The van der Waals surface area contributed by atoms with E-state index in [0.29, 0.717) is 0 Å². The minimum atomic E-state index is 0.826. The first-order chi connectivity index (χ1) is 11.3. The van der Waals surface area contributed by atoms with E-state index in [1.807, 2.05) is 12.4 Å². The lowest BCUT2D eigenvalue weighted by atomic mass is 10.1. The maximum Gasteiger partial charge on any atom is 0.128 e. The molecule has 0 bridgehead atoms. The summed E-state index contributed by atoms with van der Waals surface area (Å²) >= 11 is 0. The minimum Gasteiger partial charge on any atom is -0.361 e. The van der Waals surface area contributed by atoms with Crippen LogP contribution in [0, 0.1) is 0 Å². The molecule has 4 nitrogen and oxygen atoms in total. The van der Waals surface area contributed by atoms with Gasteiger partial charge in [-0.15, -0.1) is 0 Å². The molecule has 0 saturated heterocycles. The van der Waals surface area contributed by atoms with Crippen molar-refractivity contribution in [3.8, 4) is 0 Å². The van der Waals surface area contributed by atoms with Crippen molar-refractivity contribution in [3.63, 3.8) is 0 Å². The van der Waals surface area contributed by atoms with E-state index < -0.39 is 0 Å². The topological polar surface area (TPSA) is 44.0 Å². The first-order valence-corrected chi connectivity index (χ1v) is 8.27. The highest BCUT2D eigenvalue weighted by Gasteiger charge is 2.04. The average Bonchev–Trinajstić information content (AvgIpc) is 3.07. The second kappa shape index (κ2) is 7.29. The highest BCUT2D eigenvalue weighted by atomic mass is 15.2. The zero-order valence-electron chi connectivity index (χ0n) is 13.8. The Morgan fingerprint density at radius 1 is 1.04 bits per heavy atom. The molecule has 2 heterocycles. The van der Waals surface area contributed by atoms with Gasteiger partial charge in [0.05, 0.1) is 0 Å². The normalized spacial score (nSPS) is 11.0. The van der Waals surface area contributed by atoms with Crippen LogP contribution in [0.2, 0.25) is 0 Å². The number of aromatic nitrogens is 2. The third kappa shape index (κ3) is 3.54.